The molecule has 1 heterocycles. The fraction of sp³-hybridized carbons (Fsp3) is 0.238. The molecule has 0 aliphatic heterocycles. The number of nitrogens with one attached hydrogen (secondary N) is 1. The van der Waals surface area contributed by atoms with Gasteiger partial charge in [-0.3, -0.25) is 14.3 Å². The van der Waals surface area contributed by atoms with Crippen molar-refractivity contribution in [2.45, 2.75) is 19.3 Å². The molecule has 5 nitrogen and oxygen atoms in total. The molecule has 1 N–H and O–H groups in total. The van der Waals surface area contributed by atoms with E-state index in [4.69, 9.17) is 0 Å². The smallest absolute Gasteiger partial charge is 0.295 e. The number of aromatic nitrogens is 2. The van der Waals surface area contributed by atoms with Crippen molar-refractivity contribution in [2.75, 3.05) is 5.32 Å². The Labute approximate surface area is 151 Å². The molecule has 26 heavy (non-hydrogen) atoms. The lowest BCUT2D eigenvalue weighted by atomic mass is 10.1. The summed E-state index contributed by atoms with van der Waals surface area (Å²) in [6.45, 7) is 1.85. The Balaban J connectivity index is 1.58. The second-order valence-corrected chi connectivity index (χ2v) is 6.79. The summed E-state index contributed by atoms with van der Waals surface area (Å²) in [6.07, 6.45) is 0.828. The summed E-state index contributed by atoms with van der Waals surface area (Å²) in [4.78, 5) is 25.5. The Morgan fingerprint density at radius 3 is 2.31 bits per heavy atom. The molecule has 0 spiro atoms. The zero-order valence-electron chi connectivity index (χ0n) is 14.8. The highest BCUT2D eigenvalue weighted by Crippen LogP contribution is 2.47. The van der Waals surface area contributed by atoms with E-state index >= 15 is 0 Å². The second kappa shape index (κ2) is 6.33. The standard InChI is InChI=1S/C21H21N3O2/c1-14-19(21(26)24(23(14)2)16-11-7-4-8-12-16)22-20(25)18-13-17(18)15-9-5-3-6-10-15/h3-12,17-18H,13H2,1-2H3,(H,22,25)/t17-,18+/m1/s1. The van der Waals surface area contributed by atoms with Gasteiger partial charge in [0.05, 0.1) is 11.4 Å². The summed E-state index contributed by atoms with van der Waals surface area (Å²) in [5, 5.41) is 2.88. The van der Waals surface area contributed by atoms with Crippen LogP contribution in [0.5, 0.6) is 0 Å². The summed E-state index contributed by atoms with van der Waals surface area (Å²) in [7, 11) is 1.82. The van der Waals surface area contributed by atoms with Crippen LogP contribution in [0.25, 0.3) is 5.69 Å². The lowest BCUT2D eigenvalue weighted by molar-refractivity contribution is -0.117. The highest BCUT2D eigenvalue weighted by molar-refractivity contribution is 5.95. The largest absolute Gasteiger partial charge is 0.320 e. The van der Waals surface area contributed by atoms with Gasteiger partial charge in [0, 0.05) is 13.0 Å². The van der Waals surface area contributed by atoms with E-state index in [0.717, 1.165) is 17.8 Å². The predicted molar refractivity (Wildman–Crippen MR) is 102 cm³/mol. The molecular weight excluding hydrogens is 326 g/mol. The van der Waals surface area contributed by atoms with Crippen LogP contribution in [0.2, 0.25) is 0 Å². The third kappa shape index (κ3) is 2.75. The van der Waals surface area contributed by atoms with Crippen molar-refractivity contribution in [1.82, 2.24) is 9.36 Å². The van der Waals surface area contributed by atoms with Gasteiger partial charge in [0.2, 0.25) is 5.91 Å². The van der Waals surface area contributed by atoms with Crippen molar-refractivity contribution in [3.05, 3.63) is 82.3 Å². The highest BCUT2D eigenvalue weighted by atomic mass is 16.2. The zero-order chi connectivity index (χ0) is 18.3. The average Bonchev–Trinajstić information content (AvgIpc) is 3.44. The van der Waals surface area contributed by atoms with E-state index < -0.39 is 0 Å². The predicted octanol–water partition coefficient (Wildman–Crippen LogP) is 3.23. The Morgan fingerprint density at radius 1 is 1.04 bits per heavy atom. The number of anilines is 1. The van der Waals surface area contributed by atoms with Gasteiger partial charge in [-0.25, -0.2) is 4.68 Å². The van der Waals surface area contributed by atoms with Gasteiger partial charge in [-0.15, -0.1) is 0 Å². The van der Waals surface area contributed by atoms with E-state index in [9.17, 15) is 9.59 Å². The Bertz CT molecular complexity index is 1000. The van der Waals surface area contributed by atoms with Crippen LogP contribution in [-0.2, 0) is 11.8 Å². The number of carbonyl (C=O) groups excluding carboxylic acids is 1. The Morgan fingerprint density at radius 2 is 1.65 bits per heavy atom. The minimum absolute atomic E-state index is 0.0680. The molecule has 0 bridgehead atoms. The minimum Gasteiger partial charge on any atom is -0.320 e. The summed E-state index contributed by atoms with van der Waals surface area (Å²) < 4.78 is 3.35. The topological polar surface area (TPSA) is 56.0 Å². The quantitative estimate of drug-likeness (QED) is 0.788. The second-order valence-electron chi connectivity index (χ2n) is 6.79. The highest BCUT2D eigenvalue weighted by Gasteiger charge is 2.44. The molecule has 2 aromatic carbocycles. The molecule has 1 fully saturated rings. The molecule has 2 atom stereocenters. The van der Waals surface area contributed by atoms with Gasteiger partial charge < -0.3 is 5.32 Å². The first-order valence-corrected chi connectivity index (χ1v) is 8.77. The number of hydrogen-bond donors (Lipinski definition) is 1. The van der Waals surface area contributed by atoms with Gasteiger partial charge in [-0.05, 0) is 37.0 Å². The van der Waals surface area contributed by atoms with Crippen LogP contribution in [0.3, 0.4) is 0 Å². The maximum Gasteiger partial charge on any atom is 0.295 e. The first-order chi connectivity index (χ1) is 12.6. The van der Waals surface area contributed by atoms with E-state index in [0.29, 0.717) is 5.69 Å². The van der Waals surface area contributed by atoms with Gasteiger partial charge in [-0.2, -0.15) is 0 Å². The van der Waals surface area contributed by atoms with E-state index in [1.54, 1.807) is 9.36 Å². The molecular formula is C21H21N3O2. The summed E-state index contributed by atoms with van der Waals surface area (Å²) in [6, 6.07) is 19.5. The van der Waals surface area contributed by atoms with E-state index in [-0.39, 0.29) is 23.3 Å². The van der Waals surface area contributed by atoms with Crippen LogP contribution in [0.1, 0.15) is 23.6 Å². The third-order valence-corrected chi connectivity index (χ3v) is 5.16. The van der Waals surface area contributed by atoms with Crippen molar-refractivity contribution in [3.63, 3.8) is 0 Å². The summed E-state index contributed by atoms with van der Waals surface area (Å²) >= 11 is 0. The summed E-state index contributed by atoms with van der Waals surface area (Å²) in [5.74, 6) is 0.100. The maximum absolute atomic E-state index is 12.9. The van der Waals surface area contributed by atoms with Crippen LogP contribution >= 0.6 is 0 Å². The number of amides is 1. The fourth-order valence-corrected chi connectivity index (χ4v) is 3.48. The molecule has 3 aromatic rings. The number of para-hydroxylation sites is 1. The molecule has 1 aliphatic carbocycles. The fourth-order valence-electron chi connectivity index (χ4n) is 3.48. The number of rotatable bonds is 4. The van der Waals surface area contributed by atoms with E-state index in [1.807, 2.05) is 74.6 Å². The monoisotopic (exact) mass is 347 g/mol. The lowest BCUT2D eigenvalue weighted by Crippen LogP contribution is -2.23. The van der Waals surface area contributed by atoms with Gasteiger partial charge in [-0.1, -0.05) is 48.5 Å². The van der Waals surface area contributed by atoms with Gasteiger partial charge in [0.25, 0.3) is 5.56 Å². The molecule has 0 unspecified atom stereocenters. The normalized spacial score (nSPS) is 18.5. The van der Waals surface area contributed by atoms with Gasteiger partial charge in [0.1, 0.15) is 5.69 Å². The third-order valence-electron chi connectivity index (χ3n) is 5.16. The zero-order valence-corrected chi connectivity index (χ0v) is 14.8. The van der Waals surface area contributed by atoms with Crippen LogP contribution in [0, 0.1) is 12.8 Å². The molecule has 1 amide bonds. The van der Waals surface area contributed by atoms with Crippen LogP contribution < -0.4 is 10.9 Å². The molecule has 4 rings (SSSR count). The van der Waals surface area contributed by atoms with Crippen molar-refractivity contribution in [2.24, 2.45) is 13.0 Å². The SMILES string of the molecule is Cc1c(NC(=O)[C@H]2C[C@@H]2c2ccccc2)c(=O)n(-c2ccccc2)n1C. The first kappa shape index (κ1) is 16.4. The van der Waals surface area contributed by atoms with E-state index in [2.05, 4.69) is 5.32 Å². The number of hydrogen-bond acceptors (Lipinski definition) is 2. The maximum atomic E-state index is 12.9. The average molecular weight is 347 g/mol. The molecule has 1 aliphatic rings. The van der Waals surface area contributed by atoms with E-state index in [1.165, 1.54) is 5.56 Å². The Kier molecular flexibility index (Phi) is 3.99. The first-order valence-electron chi connectivity index (χ1n) is 8.77. The van der Waals surface area contributed by atoms with Gasteiger partial charge >= 0.3 is 0 Å². The number of carbonyl (C=O) groups is 1. The molecule has 0 radical (unpaired) electrons. The lowest BCUT2D eigenvalue weighted by Gasteiger charge is -2.07. The van der Waals surface area contributed by atoms with Crippen LogP contribution in [-0.4, -0.2) is 15.3 Å². The molecule has 5 heteroatoms. The molecule has 132 valence electrons. The Hall–Kier alpha value is -3.08. The minimum atomic E-state index is -0.207. The molecule has 1 saturated carbocycles. The van der Waals surface area contributed by atoms with Crippen molar-refractivity contribution in [3.8, 4) is 5.69 Å². The van der Waals surface area contributed by atoms with Crippen LogP contribution in [0.4, 0.5) is 5.69 Å². The molecule has 0 saturated heterocycles. The number of nitrogens with zero attached hydrogens (tertiary/aromatic N) is 2. The van der Waals surface area contributed by atoms with Gasteiger partial charge in [0.15, 0.2) is 0 Å². The van der Waals surface area contributed by atoms with Crippen molar-refractivity contribution >= 4 is 11.6 Å². The van der Waals surface area contributed by atoms with Crippen LogP contribution in [0.15, 0.2) is 65.5 Å². The van der Waals surface area contributed by atoms with Crippen molar-refractivity contribution < 1.29 is 4.79 Å². The van der Waals surface area contributed by atoms with Crippen molar-refractivity contribution in [1.29, 1.82) is 0 Å². The molecule has 1 aromatic heterocycles. The number of benzene rings is 2. The summed E-state index contributed by atoms with van der Waals surface area (Å²) in [5.41, 5.74) is 2.85.